The monoisotopic (exact) mass is 293 g/mol. The zero-order chi connectivity index (χ0) is 14.8. The van der Waals surface area contributed by atoms with Crippen LogP contribution >= 0.6 is 11.6 Å². The van der Waals surface area contributed by atoms with E-state index in [0.29, 0.717) is 12.4 Å². The molecule has 2 aromatic rings. The molecular formula is C15H20ClN3O. The summed E-state index contributed by atoms with van der Waals surface area (Å²) in [7, 11) is 0. The van der Waals surface area contributed by atoms with E-state index in [1.54, 1.807) is 0 Å². The maximum Gasteiger partial charge on any atom is 0.240 e. The van der Waals surface area contributed by atoms with Crippen molar-refractivity contribution in [3.8, 4) is 0 Å². The predicted molar refractivity (Wildman–Crippen MR) is 79.7 cm³/mol. The second-order valence-electron chi connectivity index (χ2n) is 5.89. The first kappa shape index (κ1) is 15.0. The Bertz CT molecular complexity index is 574. The highest BCUT2D eigenvalue weighted by molar-refractivity contribution is 6.31. The molecule has 5 heteroatoms. The standard InChI is InChI=1S/C15H20ClN3O/c1-10(11-7-5-6-8-12(11)16)17-9-13-18-14(19-20-13)15(2,3)4/h5-8,10,17H,9H2,1-4H3/t10-/m1/s1. The van der Waals surface area contributed by atoms with Crippen LogP contribution in [0.15, 0.2) is 28.8 Å². The first-order valence-electron chi connectivity index (χ1n) is 6.69. The average molecular weight is 294 g/mol. The normalized spacial score (nSPS) is 13.4. The second-order valence-corrected chi connectivity index (χ2v) is 6.29. The summed E-state index contributed by atoms with van der Waals surface area (Å²) in [6.07, 6.45) is 0. The summed E-state index contributed by atoms with van der Waals surface area (Å²) in [6.45, 7) is 8.75. The predicted octanol–water partition coefficient (Wildman–Crippen LogP) is 3.87. The lowest BCUT2D eigenvalue weighted by Crippen LogP contribution is -2.19. The first-order valence-corrected chi connectivity index (χ1v) is 7.06. The number of hydrogen-bond donors (Lipinski definition) is 1. The van der Waals surface area contributed by atoms with Gasteiger partial charge in [0.25, 0.3) is 0 Å². The third-order valence-electron chi connectivity index (χ3n) is 3.07. The van der Waals surface area contributed by atoms with Crippen molar-refractivity contribution in [2.75, 3.05) is 0 Å². The molecule has 1 aromatic heterocycles. The summed E-state index contributed by atoms with van der Waals surface area (Å²) >= 11 is 6.17. The van der Waals surface area contributed by atoms with Gasteiger partial charge in [-0.15, -0.1) is 0 Å². The molecule has 0 unspecified atom stereocenters. The Balaban J connectivity index is 1.99. The topological polar surface area (TPSA) is 51.0 Å². The van der Waals surface area contributed by atoms with Crippen LogP contribution in [-0.2, 0) is 12.0 Å². The third-order valence-corrected chi connectivity index (χ3v) is 3.41. The Morgan fingerprint density at radius 2 is 2.00 bits per heavy atom. The molecule has 0 fully saturated rings. The number of aromatic nitrogens is 2. The van der Waals surface area contributed by atoms with E-state index in [4.69, 9.17) is 16.1 Å². The molecule has 0 saturated heterocycles. The van der Waals surface area contributed by atoms with E-state index in [1.165, 1.54) is 0 Å². The third kappa shape index (κ3) is 3.58. The Morgan fingerprint density at radius 1 is 1.30 bits per heavy atom. The zero-order valence-electron chi connectivity index (χ0n) is 12.3. The highest BCUT2D eigenvalue weighted by Gasteiger charge is 2.21. The van der Waals surface area contributed by atoms with Crippen LogP contribution in [0.25, 0.3) is 0 Å². The van der Waals surface area contributed by atoms with E-state index in [2.05, 4.69) is 43.2 Å². The molecule has 0 aliphatic carbocycles. The second kappa shape index (κ2) is 5.94. The SMILES string of the molecule is C[C@@H](NCc1nc(C(C)(C)C)no1)c1ccccc1Cl. The van der Waals surface area contributed by atoms with E-state index >= 15 is 0 Å². The van der Waals surface area contributed by atoms with E-state index in [-0.39, 0.29) is 11.5 Å². The molecule has 1 aromatic carbocycles. The lowest BCUT2D eigenvalue weighted by molar-refractivity contribution is 0.349. The van der Waals surface area contributed by atoms with Crippen molar-refractivity contribution in [2.24, 2.45) is 0 Å². The fraction of sp³-hybridized carbons (Fsp3) is 0.467. The van der Waals surface area contributed by atoms with Gasteiger partial charge in [0, 0.05) is 16.5 Å². The van der Waals surface area contributed by atoms with Gasteiger partial charge < -0.3 is 9.84 Å². The Morgan fingerprint density at radius 3 is 2.60 bits per heavy atom. The molecule has 0 radical (unpaired) electrons. The molecule has 0 aliphatic rings. The molecule has 0 spiro atoms. The molecule has 0 aliphatic heterocycles. The molecule has 1 atom stereocenters. The number of hydrogen-bond acceptors (Lipinski definition) is 4. The van der Waals surface area contributed by atoms with Gasteiger partial charge >= 0.3 is 0 Å². The lowest BCUT2D eigenvalue weighted by atomic mass is 9.96. The summed E-state index contributed by atoms with van der Waals surface area (Å²) in [5.74, 6) is 1.31. The van der Waals surface area contributed by atoms with E-state index in [0.717, 1.165) is 16.4 Å². The van der Waals surface area contributed by atoms with Gasteiger partial charge in [0.1, 0.15) is 0 Å². The first-order chi connectivity index (χ1) is 9.38. The molecule has 1 heterocycles. The number of nitrogens with zero attached hydrogens (tertiary/aromatic N) is 2. The van der Waals surface area contributed by atoms with Crippen LogP contribution in [-0.4, -0.2) is 10.1 Å². The van der Waals surface area contributed by atoms with Crippen molar-refractivity contribution >= 4 is 11.6 Å². The summed E-state index contributed by atoms with van der Waals surface area (Å²) in [6, 6.07) is 7.91. The highest BCUT2D eigenvalue weighted by atomic mass is 35.5. The van der Waals surface area contributed by atoms with Crippen molar-refractivity contribution in [1.82, 2.24) is 15.5 Å². The zero-order valence-corrected chi connectivity index (χ0v) is 13.0. The van der Waals surface area contributed by atoms with Crippen LogP contribution in [0.4, 0.5) is 0 Å². The summed E-state index contributed by atoms with van der Waals surface area (Å²) in [5.41, 5.74) is 0.959. The van der Waals surface area contributed by atoms with E-state index in [1.807, 2.05) is 24.3 Å². The van der Waals surface area contributed by atoms with Gasteiger partial charge in [-0.05, 0) is 18.6 Å². The van der Waals surface area contributed by atoms with Gasteiger partial charge in [0.05, 0.1) is 6.54 Å². The van der Waals surface area contributed by atoms with Crippen LogP contribution < -0.4 is 5.32 Å². The number of halogens is 1. The lowest BCUT2D eigenvalue weighted by Gasteiger charge is -2.14. The quantitative estimate of drug-likeness (QED) is 0.929. The Hall–Kier alpha value is -1.39. The molecule has 4 nitrogen and oxygen atoms in total. The molecule has 0 saturated carbocycles. The smallest absolute Gasteiger partial charge is 0.240 e. The van der Waals surface area contributed by atoms with Crippen molar-refractivity contribution in [1.29, 1.82) is 0 Å². The van der Waals surface area contributed by atoms with Crippen LogP contribution in [0.2, 0.25) is 5.02 Å². The number of nitrogens with one attached hydrogen (secondary N) is 1. The molecule has 0 amide bonds. The Kier molecular flexibility index (Phi) is 4.45. The molecule has 0 bridgehead atoms. The van der Waals surface area contributed by atoms with Crippen molar-refractivity contribution in [2.45, 2.75) is 45.7 Å². The van der Waals surface area contributed by atoms with Gasteiger partial charge in [-0.3, -0.25) is 0 Å². The summed E-state index contributed by atoms with van der Waals surface area (Å²) < 4.78 is 5.25. The largest absolute Gasteiger partial charge is 0.338 e. The maximum absolute atomic E-state index is 6.17. The van der Waals surface area contributed by atoms with Gasteiger partial charge in [-0.1, -0.05) is 55.7 Å². The van der Waals surface area contributed by atoms with Crippen LogP contribution in [0.5, 0.6) is 0 Å². The van der Waals surface area contributed by atoms with Gasteiger partial charge in [0.15, 0.2) is 5.82 Å². The Labute approximate surface area is 124 Å². The van der Waals surface area contributed by atoms with Crippen LogP contribution in [0.3, 0.4) is 0 Å². The molecule has 20 heavy (non-hydrogen) atoms. The van der Waals surface area contributed by atoms with E-state index < -0.39 is 0 Å². The summed E-state index contributed by atoms with van der Waals surface area (Å²) in [4.78, 5) is 4.40. The average Bonchev–Trinajstić information content (AvgIpc) is 2.85. The van der Waals surface area contributed by atoms with Gasteiger partial charge in [-0.2, -0.15) is 4.98 Å². The number of benzene rings is 1. The summed E-state index contributed by atoms with van der Waals surface area (Å²) in [5, 5.41) is 8.10. The van der Waals surface area contributed by atoms with Crippen LogP contribution in [0, 0.1) is 0 Å². The van der Waals surface area contributed by atoms with Crippen molar-refractivity contribution in [3.63, 3.8) is 0 Å². The molecular weight excluding hydrogens is 274 g/mol. The van der Waals surface area contributed by atoms with Gasteiger partial charge in [-0.25, -0.2) is 0 Å². The minimum Gasteiger partial charge on any atom is -0.338 e. The highest BCUT2D eigenvalue weighted by Crippen LogP contribution is 2.23. The van der Waals surface area contributed by atoms with Crippen LogP contribution in [0.1, 0.15) is 51.0 Å². The maximum atomic E-state index is 6.17. The minimum atomic E-state index is -0.101. The van der Waals surface area contributed by atoms with Gasteiger partial charge in [0.2, 0.25) is 5.89 Å². The number of rotatable bonds is 4. The minimum absolute atomic E-state index is 0.101. The molecule has 108 valence electrons. The fourth-order valence-corrected chi connectivity index (χ4v) is 2.11. The van der Waals surface area contributed by atoms with Crippen molar-refractivity contribution in [3.05, 3.63) is 46.6 Å². The fourth-order valence-electron chi connectivity index (χ4n) is 1.81. The van der Waals surface area contributed by atoms with E-state index in [9.17, 15) is 0 Å². The van der Waals surface area contributed by atoms with Crippen molar-refractivity contribution < 1.29 is 4.52 Å². The molecule has 2 rings (SSSR count). The molecule has 1 N–H and O–H groups in total.